The van der Waals surface area contributed by atoms with Crippen molar-refractivity contribution >= 4 is 22.4 Å². The highest BCUT2D eigenvalue weighted by Crippen LogP contribution is 2.26. The second kappa shape index (κ2) is 6.58. The van der Waals surface area contributed by atoms with Gasteiger partial charge in [-0.25, -0.2) is 4.79 Å². The van der Waals surface area contributed by atoms with E-state index in [1.165, 1.54) is 12.4 Å². The van der Waals surface area contributed by atoms with E-state index in [1.807, 2.05) is 43.3 Å². The molecule has 2 aromatic carbocycles. The predicted octanol–water partition coefficient (Wildman–Crippen LogP) is 3.74. The summed E-state index contributed by atoms with van der Waals surface area (Å²) in [6.45, 7) is 1.83. The molecule has 5 heteroatoms. The number of nitrogens with two attached hydrogens (primary N) is 1. The molecule has 3 rings (SSSR count). The zero-order chi connectivity index (χ0) is 17.1. The van der Waals surface area contributed by atoms with Crippen molar-refractivity contribution < 1.29 is 14.3 Å². The van der Waals surface area contributed by atoms with Gasteiger partial charge in [0.05, 0.1) is 24.6 Å². The SMILES string of the molecule is COc1ccc2cc(C(C)OC(=O)c3ccncc3N)ccc2c1. The summed E-state index contributed by atoms with van der Waals surface area (Å²) in [5, 5.41) is 2.12. The van der Waals surface area contributed by atoms with Crippen LogP contribution in [0.2, 0.25) is 0 Å². The van der Waals surface area contributed by atoms with Gasteiger partial charge < -0.3 is 15.2 Å². The average molecular weight is 322 g/mol. The van der Waals surface area contributed by atoms with E-state index in [0.717, 1.165) is 22.1 Å². The number of nitrogen functional groups attached to an aromatic ring is 1. The van der Waals surface area contributed by atoms with Crippen LogP contribution in [0.25, 0.3) is 10.8 Å². The first-order valence-corrected chi connectivity index (χ1v) is 7.56. The molecule has 0 aliphatic rings. The van der Waals surface area contributed by atoms with Gasteiger partial charge in [0.1, 0.15) is 11.9 Å². The van der Waals surface area contributed by atoms with E-state index in [0.29, 0.717) is 11.3 Å². The maximum absolute atomic E-state index is 12.2. The van der Waals surface area contributed by atoms with Crippen molar-refractivity contribution in [2.75, 3.05) is 12.8 Å². The molecule has 24 heavy (non-hydrogen) atoms. The first kappa shape index (κ1) is 15.8. The number of anilines is 1. The number of fused-ring (bicyclic) bond motifs is 1. The quantitative estimate of drug-likeness (QED) is 0.741. The number of carbonyl (C=O) groups is 1. The Morgan fingerprint density at radius 3 is 2.62 bits per heavy atom. The van der Waals surface area contributed by atoms with Crippen molar-refractivity contribution in [3.8, 4) is 5.75 Å². The third kappa shape index (κ3) is 3.15. The van der Waals surface area contributed by atoms with E-state index in [4.69, 9.17) is 15.2 Å². The van der Waals surface area contributed by atoms with E-state index in [2.05, 4.69) is 4.98 Å². The zero-order valence-electron chi connectivity index (χ0n) is 13.5. The molecule has 0 saturated heterocycles. The van der Waals surface area contributed by atoms with E-state index in [9.17, 15) is 4.79 Å². The summed E-state index contributed by atoms with van der Waals surface area (Å²) in [6.07, 6.45) is 2.56. The van der Waals surface area contributed by atoms with Crippen molar-refractivity contribution in [1.29, 1.82) is 0 Å². The van der Waals surface area contributed by atoms with Gasteiger partial charge in [0, 0.05) is 6.20 Å². The highest BCUT2D eigenvalue weighted by molar-refractivity contribution is 5.94. The highest BCUT2D eigenvalue weighted by Gasteiger charge is 2.16. The van der Waals surface area contributed by atoms with Crippen molar-refractivity contribution in [3.05, 3.63) is 66.0 Å². The fraction of sp³-hybridized carbons (Fsp3) is 0.158. The molecule has 0 radical (unpaired) electrons. The number of rotatable bonds is 4. The van der Waals surface area contributed by atoms with Gasteiger partial charge in [-0.2, -0.15) is 0 Å². The Labute approximate surface area is 140 Å². The van der Waals surface area contributed by atoms with Crippen molar-refractivity contribution in [2.24, 2.45) is 0 Å². The van der Waals surface area contributed by atoms with E-state index in [1.54, 1.807) is 13.2 Å². The Kier molecular flexibility index (Phi) is 4.33. The van der Waals surface area contributed by atoms with E-state index in [-0.39, 0.29) is 0 Å². The minimum atomic E-state index is -0.461. The number of benzene rings is 2. The van der Waals surface area contributed by atoms with Gasteiger partial charge >= 0.3 is 5.97 Å². The van der Waals surface area contributed by atoms with Crippen LogP contribution in [0.1, 0.15) is 28.9 Å². The van der Waals surface area contributed by atoms with Gasteiger partial charge in [0.25, 0.3) is 0 Å². The van der Waals surface area contributed by atoms with Gasteiger partial charge in [-0.05, 0) is 47.5 Å². The summed E-state index contributed by atoms with van der Waals surface area (Å²) in [5.41, 5.74) is 7.30. The lowest BCUT2D eigenvalue weighted by Gasteiger charge is -2.15. The largest absolute Gasteiger partial charge is 0.497 e. The summed E-state index contributed by atoms with van der Waals surface area (Å²) >= 11 is 0. The molecule has 0 fully saturated rings. The smallest absolute Gasteiger partial charge is 0.340 e. The van der Waals surface area contributed by atoms with Crippen LogP contribution in [0.4, 0.5) is 5.69 Å². The van der Waals surface area contributed by atoms with Gasteiger partial charge in [-0.15, -0.1) is 0 Å². The number of hydrogen-bond acceptors (Lipinski definition) is 5. The molecule has 1 atom stereocenters. The number of esters is 1. The Bertz CT molecular complexity index is 893. The number of pyridine rings is 1. The molecule has 1 aromatic heterocycles. The third-order valence-corrected chi connectivity index (χ3v) is 3.90. The fourth-order valence-electron chi connectivity index (χ4n) is 2.51. The Hall–Kier alpha value is -3.08. The predicted molar refractivity (Wildman–Crippen MR) is 93.0 cm³/mol. The second-order valence-electron chi connectivity index (χ2n) is 5.48. The average Bonchev–Trinajstić information content (AvgIpc) is 2.61. The molecule has 1 unspecified atom stereocenters. The van der Waals surface area contributed by atoms with E-state index < -0.39 is 12.1 Å². The molecule has 122 valence electrons. The maximum Gasteiger partial charge on any atom is 0.340 e. The van der Waals surface area contributed by atoms with Crippen LogP contribution in [-0.4, -0.2) is 18.1 Å². The molecule has 0 bridgehead atoms. The lowest BCUT2D eigenvalue weighted by molar-refractivity contribution is 0.0339. The molecule has 0 aliphatic carbocycles. The molecule has 2 N–H and O–H groups in total. The lowest BCUT2D eigenvalue weighted by Crippen LogP contribution is -2.11. The summed E-state index contributed by atoms with van der Waals surface area (Å²) in [6, 6.07) is 13.3. The van der Waals surface area contributed by atoms with Gasteiger partial charge in [-0.3, -0.25) is 4.98 Å². The number of hydrogen-bond donors (Lipinski definition) is 1. The topological polar surface area (TPSA) is 74.4 Å². The molecule has 1 heterocycles. The summed E-state index contributed by atoms with van der Waals surface area (Å²) in [4.78, 5) is 16.1. The van der Waals surface area contributed by atoms with Gasteiger partial charge in [-0.1, -0.05) is 18.2 Å². The molecule has 3 aromatic rings. The molecule has 0 aliphatic heterocycles. The minimum Gasteiger partial charge on any atom is -0.497 e. The summed E-state index contributed by atoms with van der Waals surface area (Å²) in [5.74, 6) is 0.347. The normalized spacial score (nSPS) is 11.9. The van der Waals surface area contributed by atoms with E-state index >= 15 is 0 Å². The molecule has 0 spiro atoms. The standard InChI is InChI=1S/C19H18N2O3/c1-12(24-19(22)17-7-8-21-11-18(17)20)13-3-4-15-10-16(23-2)6-5-14(15)9-13/h3-12H,20H2,1-2H3. The van der Waals surface area contributed by atoms with Crippen LogP contribution >= 0.6 is 0 Å². The molecule has 0 amide bonds. The monoisotopic (exact) mass is 322 g/mol. The van der Waals surface area contributed by atoms with Crippen molar-refractivity contribution in [3.63, 3.8) is 0 Å². The van der Waals surface area contributed by atoms with Crippen molar-refractivity contribution in [2.45, 2.75) is 13.0 Å². The Morgan fingerprint density at radius 2 is 1.88 bits per heavy atom. The van der Waals surface area contributed by atoms with Crippen LogP contribution in [0.15, 0.2) is 54.9 Å². The number of nitrogens with zero attached hydrogens (tertiary/aromatic N) is 1. The number of ether oxygens (including phenoxy) is 2. The number of aromatic nitrogens is 1. The molecular formula is C19H18N2O3. The van der Waals surface area contributed by atoms with Crippen LogP contribution in [-0.2, 0) is 4.74 Å². The van der Waals surface area contributed by atoms with Crippen molar-refractivity contribution in [1.82, 2.24) is 4.98 Å². The number of methoxy groups -OCH3 is 1. The Morgan fingerprint density at radius 1 is 1.12 bits per heavy atom. The molecule has 5 nitrogen and oxygen atoms in total. The first-order valence-electron chi connectivity index (χ1n) is 7.56. The highest BCUT2D eigenvalue weighted by atomic mass is 16.5. The van der Waals surface area contributed by atoms with Crippen LogP contribution in [0.3, 0.4) is 0 Å². The van der Waals surface area contributed by atoms with Crippen LogP contribution in [0, 0.1) is 0 Å². The van der Waals surface area contributed by atoms with Crippen LogP contribution < -0.4 is 10.5 Å². The molecule has 0 saturated carbocycles. The third-order valence-electron chi connectivity index (χ3n) is 3.90. The van der Waals surface area contributed by atoms with Crippen LogP contribution in [0.5, 0.6) is 5.75 Å². The second-order valence-corrected chi connectivity index (χ2v) is 5.48. The molecular weight excluding hydrogens is 304 g/mol. The minimum absolute atomic E-state index is 0.306. The zero-order valence-corrected chi connectivity index (χ0v) is 13.5. The Balaban J connectivity index is 1.82. The van der Waals surface area contributed by atoms with Gasteiger partial charge in [0.15, 0.2) is 0 Å². The van der Waals surface area contributed by atoms with Gasteiger partial charge in [0.2, 0.25) is 0 Å². The summed E-state index contributed by atoms with van der Waals surface area (Å²) < 4.78 is 10.8. The first-order chi connectivity index (χ1) is 11.6. The maximum atomic E-state index is 12.2. The number of carbonyl (C=O) groups excluding carboxylic acids is 1. The summed E-state index contributed by atoms with van der Waals surface area (Å²) in [7, 11) is 1.64. The lowest BCUT2D eigenvalue weighted by atomic mass is 10.0. The fourth-order valence-corrected chi connectivity index (χ4v) is 2.51.